The standard InChI is InChI=1S/C27H27F2N7O3/c1-4-35-15-30-26(34-35)33-23(37)16-14-21-22(31-24(16)39-3)32-25(36(21)5-2)27(38,17-10-6-8-12-19(17)28)18-11-7-9-13-20(18)29/h6-14,38H,4-5,15H2,1-3H3,(H2,30,33,34,37). The van der Waals surface area contributed by atoms with Gasteiger partial charge in [-0.1, -0.05) is 43.3 Å². The summed E-state index contributed by atoms with van der Waals surface area (Å²) >= 11 is 0. The van der Waals surface area contributed by atoms with E-state index in [-0.39, 0.29) is 46.5 Å². The first-order chi connectivity index (χ1) is 18.8. The second kappa shape index (κ2) is 10.4. The van der Waals surface area contributed by atoms with Gasteiger partial charge in [0.05, 0.1) is 12.6 Å². The molecule has 202 valence electrons. The van der Waals surface area contributed by atoms with Gasteiger partial charge in [0.15, 0.2) is 17.1 Å². The Hall–Kier alpha value is -4.42. The van der Waals surface area contributed by atoms with Gasteiger partial charge < -0.3 is 14.4 Å². The van der Waals surface area contributed by atoms with Crippen molar-refractivity contribution in [3.63, 3.8) is 0 Å². The van der Waals surface area contributed by atoms with Crippen LogP contribution >= 0.6 is 0 Å². The summed E-state index contributed by atoms with van der Waals surface area (Å²) in [6.07, 6.45) is 0. The molecular weight excluding hydrogens is 508 g/mol. The van der Waals surface area contributed by atoms with Gasteiger partial charge in [0.2, 0.25) is 11.8 Å². The molecule has 12 heteroatoms. The van der Waals surface area contributed by atoms with Crippen molar-refractivity contribution in [1.29, 1.82) is 0 Å². The number of nitrogens with one attached hydrogen (secondary N) is 2. The largest absolute Gasteiger partial charge is 0.480 e. The Morgan fingerprint density at radius 2 is 1.72 bits per heavy atom. The zero-order chi connectivity index (χ0) is 27.7. The first-order valence-electron chi connectivity index (χ1n) is 12.4. The number of aryl methyl sites for hydroxylation is 1. The third-order valence-electron chi connectivity index (χ3n) is 6.59. The molecule has 0 unspecified atom stereocenters. The molecule has 10 nitrogen and oxygen atoms in total. The number of imidazole rings is 1. The van der Waals surface area contributed by atoms with E-state index in [2.05, 4.69) is 25.7 Å². The van der Waals surface area contributed by atoms with Crippen molar-refractivity contribution in [2.24, 2.45) is 4.99 Å². The molecule has 1 amide bonds. The molecule has 0 atom stereocenters. The molecule has 5 rings (SSSR count). The number of rotatable bonds is 7. The maximum absolute atomic E-state index is 15.2. The van der Waals surface area contributed by atoms with Crippen LogP contribution in [0.25, 0.3) is 11.2 Å². The Bertz CT molecular complexity index is 1540. The molecule has 2 aromatic heterocycles. The summed E-state index contributed by atoms with van der Waals surface area (Å²) in [4.78, 5) is 26.4. The van der Waals surface area contributed by atoms with E-state index in [1.165, 1.54) is 49.6 Å². The van der Waals surface area contributed by atoms with E-state index in [9.17, 15) is 9.90 Å². The van der Waals surface area contributed by atoms with Crippen LogP contribution in [0.15, 0.2) is 59.6 Å². The van der Waals surface area contributed by atoms with Crippen LogP contribution in [0.2, 0.25) is 0 Å². The van der Waals surface area contributed by atoms with E-state index in [1.54, 1.807) is 28.6 Å². The number of carbonyl (C=O) groups is 1. The maximum atomic E-state index is 15.2. The van der Waals surface area contributed by atoms with Gasteiger partial charge in [-0.05, 0) is 25.1 Å². The van der Waals surface area contributed by atoms with Crippen LogP contribution in [0.4, 0.5) is 8.78 Å². The van der Waals surface area contributed by atoms with Crippen LogP contribution in [0.1, 0.15) is 41.2 Å². The first-order valence-corrected chi connectivity index (χ1v) is 12.4. The predicted molar refractivity (Wildman–Crippen MR) is 140 cm³/mol. The molecule has 0 fully saturated rings. The minimum Gasteiger partial charge on any atom is -0.480 e. The molecule has 39 heavy (non-hydrogen) atoms. The number of ether oxygens (including phenoxy) is 1. The fourth-order valence-corrected chi connectivity index (χ4v) is 4.64. The van der Waals surface area contributed by atoms with Crippen LogP contribution in [0.3, 0.4) is 0 Å². The summed E-state index contributed by atoms with van der Waals surface area (Å²) in [7, 11) is 1.36. The number of benzene rings is 2. The number of aliphatic hydroxyl groups is 1. The summed E-state index contributed by atoms with van der Waals surface area (Å²) in [6, 6.07) is 12.7. The molecule has 4 aromatic rings. The number of aromatic nitrogens is 3. The van der Waals surface area contributed by atoms with Crippen molar-refractivity contribution >= 4 is 23.0 Å². The topological polar surface area (TPSA) is 117 Å². The molecule has 0 spiro atoms. The number of hydrogen-bond donors (Lipinski definition) is 3. The lowest BCUT2D eigenvalue weighted by Gasteiger charge is -2.30. The zero-order valence-electron chi connectivity index (χ0n) is 21.6. The van der Waals surface area contributed by atoms with Crippen LogP contribution in [-0.4, -0.2) is 56.8 Å². The maximum Gasteiger partial charge on any atom is 0.263 e. The van der Waals surface area contributed by atoms with Gasteiger partial charge in [0.25, 0.3) is 5.91 Å². The van der Waals surface area contributed by atoms with Crippen molar-refractivity contribution in [3.8, 4) is 5.88 Å². The molecule has 2 aromatic carbocycles. The van der Waals surface area contributed by atoms with Gasteiger partial charge in [-0.15, -0.1) is 0 Å². The lowest BCUT2D eigenvalue weighted by Crippen LogP contribution is -2.44. The van der Waals surface area contributed by atoms with E-state index in [4.69, 9.17) is 4.74 Å². The Morgan fingerprint density at radius 1 is 1.08 bits per heavy atom. The summed E-state index contributed by atoms with van der Waals surface area (Å²) < 4.78 is 37.3. The lowest BCUT2D eigenvalue weighted by atomic mass is 9.84. The van der Waals surface area contributed by atoms with Crippen molar-refractivity contribution in [2.45, 2.75) is 26.0 Å². The van der Waals surface area contributed by atoms with Gasteiger partial charge in [-0.3, -0.25) is 15.5 Å². The Balaban J connectivity index is 1.69. The van der Waals surface area contributed by atoms with Crippen LogP contribution in [0.5, 0.6) is 5.88 Å². The smallest absolute Gasteiger partial charge is 0.263 e. The molecule has 1 aliphatic rings. The van der Waals surface area contributed by atoms with Crippen molar-refractivity contribution in [1.82, 2.24) is 30.3 Å². The first kappa shape index (κ1) is 26.2. The minimum absolute atomic E-state index is 0.0152. The number of aliphatic imine (C=N–C) groups is 1. The lowest BCUT2D eigenvalue weighted by molar-refractivity contribution is 0.0971. The molecule has 3 N–H and O–H groups in total. The molecule has 3 heterocycles. The monoisotopic (exact) mass is 535 g/mol. The normalized spacial score (nSPS) is 13.8. The number of pyridine rings is 1. The van der Waals surface area contributed by atoms with Crippen molar-refractivity contribution in [2.75, 3.05) is 20.3 Å². The molecule has 0 saturated heterocycles. The van der Waals surface area contributed by atoms with Gasteiger partial charge in [-0.25, -0.2) is 18.8 Å². The predicted octanol–water partition coefficient (Wildman–Crippen LogP) is 2.91. The highest BCUT2D eigenvalue weighted by molar-refractivity contribution is 6.08. The van der Waals surface area contributed by atoms with Crippen molar-refractivity contribution in [3.05, 3.63) is 88.7 Å². The second-order valence-electron chi connectivity index (χ2n) is 8.81. The summed E-state index contributed by atoms with van der Waals surface area (Å²) in [6.45, 7) is 5.05. The average Bonchev–Trinajstić information content (AvgIpc) is 3.56. The number of methoxy groups -OCH3 is 1. The number of carbonyl (C=O) groups excluding carboxylic acids is 1. The Morgan fingerprint density at radius 3 is 2.26 bits per heavy atom. The zero-order valence-corrected chi connectivity index (χ0v) is 21.6. The summed E-state index contributed by atoms with van der Waals surface area (Å²) in [5, 5.41) is 16.7. The van der Waals surface area contributed by atoms with E-state index in [0.29, 0.717) is 18.7 Å². The Labute approximate surface area is 222 Å². The molecule has 0 saturated carbocycles. The molecule has 0 aliphatic carbocycles. The fourth-order valence-electron chi connectivity index (χ4n) is 4.64. The summed E-state index contributed by atoms with van der Waals surface area (Å²) in [5.74, 6) is -1.82. The van der Waals surface area contributed by atoms with E-state index < -0.39 is 23.1 Å². The van der Waals surface area contributed by atoms with Gasteiger partial charge in [0, 0.05) is 24.2 Å². The minimum atomic E-state index is -2.32. The van der Waals surface area contributed by atoms with Crippen LogP contribution < -0.4 is 15.5 Å². The molecule has 0 bridgehead atoms. The number of amides is 1. The Kier molecular flexibility index (Phi) is 6.98. The van der Waals surface area contributed by atoms with E-state index in [0.717, 1.165) is 0 Å². The highest BCUT2D eigenvalue weighted by Crippen LogP contribution is 2.40. The number of hydrogen-bond acceptors (Lipinski definition) is 8. The third-order valence-corrected chi connectivity index (χ3v) is 6.59. The number of nitrogens with zero attached hydrogens (tertiary/aromatic N) is 5. The number of hydrazine groups is 1. The van der Waals surface area contributed by atoms with E-state index >= 15 is 8.78 Å². The van der Waals surface area contributed by atoms with Crippen LogP contribution in [0, 0.1) is 11.6 Å². The number of halogens is 2. The summed E-state index contributed by atoms with van der Waals surface area (Å²) in [5.41, 5.74) is 0.861. The highest BCUT2D eigenvalue weighted by atomic mass is 19.1. The molecule has 1 aliphatic heterocycles. The quantitative estimate of drug-likeness (QED) is 0.333. The number of fused-ring (bicyclic) bond motifs is 1. The van der Waals surface area contributed by atoms with Crippen molar-refractivity contribution < 1.29 is 23.4 Å². The van der Waals surface area contributed by atoms with Gasteiger partial charge in [-0.2, -0.15) is 9.99 Å². The second-order valence-corrected chi connectivity index (χ2v) is 8.81. The third kappa shape index (κ3) is 4.47. The molecule has 0 radical (unpaired) electrons. The fraction of sp³-hybridized carbons (Fsp3) is 0.259. The van der Waals surface area contributed by atoms with Gasteiger partial charge in [0.1, 0.15) is 23.9 Å². The highest BCUT2D eigenvalue weighted by Gasteiger charge is 2.43. The van der Waals surface area contributed by atoms with Crippen LogP contribution in [-0.2, 0) is 12.1 Å². The molecular formula is C27H27F2N7O3. The number of guanidine groups is 1. The average molecular weight is 536 g/mol. The SMILES string of the molecule is CCN1CN=C(NC(=O)c2cc3c(nc2OC)nc(C(O)(c2ccccc2F)c2ccccc2F)n3CC)N1. The van der Waals surface area contributed by atoms with Gasteiger partial charge >= 0.3 is 0 Å². The van der Waals surface area contributed by atoms with E-state index in [1.807, 2.05) is 6.92 Å².